The van der Waals surface area contributed by atoms with Crippen LogP contribution < -0.4 is 0 Å². The molecule has 0 N–H and O–H groups in total. The van der Waals surface area contributed by atoms with Gasteiger partial charge in [-0.15, -0.1) is 0 Å². The second-order valence-corrected chi connectivity index (χ2v) is 7.67. The molecule has 1 heterocycles. The highest BCUT2D eigenvalue weighted by atomic mass is 79.9. The quantitative estimate of drug-likeness (QED) is 0.332. The van der Waals surface area contributed by atoms with E-state index in [1.165, 1.54) is 12.0 Å². The molecule has 0 aromatic heterocycles. The molecule has 2 amide bonds. The SMILES string of the molecule is COC(=O)[C@H](Br)[C@@H](CCCN1C(=O)c2ccccc2C1=O)OC(=O)c1ccccc1. The number of hydrogen-bond donors (Lipinski definition) is 0. The van der Waals surface area contributed by atoms with Crippen molar-refractivity contribution in [3.8, 4) is 0 Å². The second kappa shape index (κ2) is 9.67. The summed E-state index contributed by atoms with van der Waals surface area (Å²) in [5.41, 5.74) is 1.11. The van der Waals surface area contributed by atoms with Crippen molar-refractivity contribution in [1.82, 2.24) is 4.90 Å². The van der Waals surface area contributed by atoms with Gasteiger partial charge in [-0.25, -0.2) is 4.79 Å². The van der Waals surface area contributed by atoms with Gasteiger partial charge in [0, 0.05) is 6.54 Å². The molecule has 8 heteroatoms. The Bertz CT molecular complexity index is 926. The van der Waals surface area contributed by atoms with Crippen molar-refractivity contribution in [2.24, 2.45) is 0 Å². The van der Waals surface area contributed by atoms with Gasteiger partial charge in [0.2, 0.25) is 0 Å². The number of hydrogen-bond acceptors (Lipinski definition) is 6. The molecule has 2 aromatic carbocycles. The summed E-state index contributed by atoms with van der Waals surface area (Å²) in [4.78, 5) is 49.6. The summed E-state index contributed by atoms with van der Waals surface area (Å²) in [7, 11) is 1.24. The number of carbonyl (C=O) groups is 4. The Morgan fingerprint density at radius 1 is 0.967 bits per heavy atom. The van der Waals surface area contributed by atoms with Gasteiger partial charge in [0.1, 0.15) is 10.9 Å². The number of rotatable bonds is 8. The molecule has 0 spiro atoms. The lowest BCUT2D eigenvalue weighted by molar-refractivity contribution is -0.141. The van der Waals surface area contributed by atoms with Crippen LogP contribution in [0.25, 0.3) is 0 Å². The molecule has 0 fully saturated rings. The van der Waals surface area contributed by atoms with E-state index < -0.39 is 22.9 Å². The Labute approximate surface area is 182 Å². The fraction of sp³-hybridized carbons (Fsp3) is 0.273. The summed E-state index contributed by atoms with van der Waals surface area (Å²) in [5, 5.41) is 0. The lowest BCUT2D eigenvalue weighted by Gasteiger charge is -2.22. The lowest BCUT2D eigenvalue weighted by atomic mass is 10.1. The molecule has 2 aromatic rings. The standard InChI is InChI=1S/C22H20BrNO6/c1-29-22(28)18(23)17(30-21(27)14-8-3-2-4-9-14)12-7-13-24-19(25)15-10-5-6-11-16(15)20(24)26/h2-6,8-11,17-18H,7,12-13H2,1H3/t17-,18-/m1/s1. The van der Waals surface area contributed by atoms with Crippen LogP contribution in [0.3, 0.4) is 0 Å². The maximum absolute atomic E-state index is 12.5. The summed E-state index contributed by atoms with van der Waals surface area (Å²) in [6.07, 6.45) is -0.241. The Kier molecular flexibility index (Phi) is 6.99. The predicted molar refractivity (Wildman–Crippen MR) is 111 cm³/mol. The fourth-order valence-electron chi connectivity index (χ4n) is 3.20. The highest BCUT2D eigenvalue weighted by Gasteiger charge is 2.35. The zero-order chi connectivity index (χ0) is 21.7. The number of esters is 2. The first-order valence-corrected chi connectivity index (χ1v) is 10.3. The number of imide groups is 1. The van der Waals surface area contributed by atoms with E-state index in [4.69, 9.17) is 9.47 Å². The normalized spacial score (nSPS) is 14.8. The predicted octanol–water partition coefficient (Wildman–Crippen LogP) is 3.22. The third-order valence-corrected chi connectivity index (χ3v) is 5.73. The summed E-state index contributed by atoms with van der Waals surface area (Å²) in [6, 6.07) is 15.1. The van der Waals surface area contributed by atoms with Crippen molar-refractivity contribution >= 4 is 39.7 Å². The summed E-state index contributed by atoms with van der Waals surface area (Å²) < 4.78 is 10.3. The van der Waals surface area contributed by atoms with Crippen molar-refractivity contribution in [1.29, 1.82) is 0 Å². The smallest absolute Gasteiger partial charge is 0.338 e. The lowest BCUT2D eigenvalue weighted by Crippen LogP contribution is -2.36. The van der Waals surface area contributed by atoms with Gasteiger partial charge in [-0.05, 0) is 37.1 Å². The van der Waals surface area contributed by atoms with Gasteiger partial charge in [0.25, 0.3) is 11.8 Å². The Morgan fingerprint density at radius 2 is 1.53 bits per heavy atom. The molecule has 0 saturated carbocycles. The molecule has 0 bridgehead atoms. The molecular weight excluding hydrogens is 454 g/mol. The molecule has 7 nitrogen and oxygen atoms in total. The van der Waals surface area contributed by atoms with Crippen LogP contribution in [0.4, 0.5) is 0 Å². The highest BCUT2D eigenvalue weighted by Crippen LogP contribution is 2.24. The molecular formula is C22H20BrNO6. The van der Waals surface area contributed by atoms with E-state index in [2.05, 4.69) is 15.9 Å². The first-order valence-electron chi connectivity index (χ1n) is 9.37. The van der Waals surface area contributed by atoms with E-state index >= 15 is 0 Å². The molecule has 0 aliphatic carbocycles. The maximum Gasteiger partial charge on any atom is 0.338 e. The molecule has 30 heavy (non-hydrogen) atoms. The topological polar surface area (TPSA) is 90.0 Å². The monoisotopic (exact) mass is 473 g/mol. The summed E-state index contributed by atoms with van der Waals surface area (Å²) in [5.74, 6) is -1.86. The average Bonchev–Trinajstić information content (AvgIpc) is 3.02. The van der Waals surface area contributed by atoms with Gasteiger partial charge >= 0.3 is 11.9 Å². The van der Waals surface area contributed by atoms with Crippen LogP contribution in [0.1, 0.15) is 43.9 Å². The highest BCUT2D eigenvalue weighted by molar-refractivity contribution is 9.10. The van der Waals surface area contributed by atoms with Crippen molar-refractivity contribution < 1.29 is 28.7 Å². The van der Waals surface area contributed by atoms with Crippen molar-refractivity contribution in [2.45, 2.75) is 23.8 Å². The van der Waals surface area contributed by atoms with E-state index in [9.17, 15) is 19.2 Å². The number of halogens is 1. The van der Waals surface area contributed by atoms with Gasteiger partial charge in [0.15, 0.2) is 0 Å². The van der Waals surface area contributed by atoms with Gasteiger partial charge in [-0.2, -0.15) is 0 Å². The van der Waals surface area contributed by atoms with Gasteiger partial charge in [-0.3, -0.25) is 19.3 Å². The minimum absolute atomic E-state index is 0.145. The first kappa shape index (κ1) is 21.7. The number of methoxy groups -OCH3 is 1. The van der Waals surface area contributed by atoms with Crippen LogP contribution in [-0.4, -0.2) is 53.2 Å². The van der Waals surface area contributed by atoms with Crippen LogP contribution in [0.15, 0.2) is 54.6 Å². The molecule has 2 atom stereocenters. The summed E-state index contributed by atoms with van der Waals surface area (Å²) >= 11 is 3.23. The van der Waals surface area contributed by atoms with Crippen LogP contribution >= 0.6 is 15.9 Å². The first-order chi connectivity index (χ1) is 14.4. The zero-order valence-corrected chi connectivity index (χ0v) is 17.8. The zero-order valence-electron chi connectivity index (χ0n) is 16.2. The largest absolute Gasteiger partial charge is 0.468 e. The Hall–Kier alpha value is -3.00. The van der Waals surface area contributed by atoms with Crippen LogP contribution in [0.5, 0.6) is 0 Å². The molecule has 0 radical (unpaired) electrons. The minimum atomic E-state index is -0.877. The number of alkyl halides is 1. The fourth-order valence-corrected chi connectivity index (χ4v) is 3.76. The molecule has 156 valence electrons. The number of amides is 2. The number of nitrogens with zero attached hydrogens (tertiary/aromatic N) is 1. The van der Waals surface area contributed by atoms with E-state index in [-0.39, 0.29) is 24.8 Å². The molecule has 1 aliphatic rings. The van der Waals surface area contributed by atoms with Crippen molar-refractivity contribution in [3.63, 3.8) is 0 Å². The average molecular weight is 474 g/mol. The van der Waals surface area contributed by atoms with Gasteiger partial charge < -0.3 is 9.47 Å². The van der Waals surface area contributed by atoms with Crippen LogP contribution in [0.2, 0.25) is 0 Å². The van der Waals surface area contributed by atoms with Crippen LogP contribution in [0, 0.1) is 0 Å². The van der Waals surface area contributed by atoms with E-state index in [0.29, 0.717) is 23.1 Å². The van der Waals surface area contributed by atoms with Crippen molar-refractivity contribution in [2.75, 3.05) is 13.7 Å². The van der Waals surface area contributed by atoms with Crippen LogP contribution in [-0.2, 0) is 14.3 Å². The van der Waals surface area contributed by atoms with Gasteiger partial charge in [0.05, 0.1) is 23.8 Å². The number of ether oxygens (including phenoxy) is 2. The Morgan fingerprint density at radius 3 is 2.10 bits per heavy atom. The van der Waals surface area contributed by atoms with Crippen molar-refractivity contribution in [3.05, 3.63) is 71.3 Å². The van der Waals surface area contributed by atoms with E-state index in [1.54, 1.807) is 54.6 Å². The summed E-state index contributed by atoms with van der Waals surface area (Å²) in [6.45, 7) is 0.145. The van der Waals surface area contributed by atoms with E-state index in [0.717, 1.165) is 0 Å². The number of carbonyl (C=O) groups excluding carboxylic acids is 4. The molecule has 0 saturated heterocycles. The number of fused-ring (bicyclic) bond motifs is 1. The third-order valence-electron chi connectivity index (χ3n) is 4.77. The van der Waals surface area contributed by atoms with Gasteiger partial charge in [-0.1, -0.05) is 46.3 Å². The maximum atomic E-state index is 12.5. The third kappa shape index (κ3) is 4.59. The molecule has 1 aliphatic heterocycles. The van der Waals surface area contributed by atoms with E-state index in [1.807, 2.05) is 0 Å². The second-order valence-electron chi connectivity index (χ2n) is 6.68. The number of benzene rings is 2. The Balaban J connectivity index is 1.65. The minimum Gasteiger partial charge on any atom is -0.468 e. The molecule has 3 rings (SSSR count). The molecule has 0 unspecified atom stereocenters.